The van der Waals surface area contributed by atoms with Crippen LogP contribution < -0.4 is 11.1 Å². The molecule has 0 spiro atoms. The average molecular weight is 317 g/mol. The Morgan fingerprint density at radius 3 is 3.00 bits per heavy atom. The molecule has 0 saturated heterocycles. The van der Waals surface area contributed by atoms with E-state index in [0.717, 1.165) is 10.4 Å². The predicted octanol–water partition coefficient (Wildman–Crippen LogP) is 2.78. The fourth-order valence-corrected chi connectivity index (χ4v) is 2.90. The van der Waals surface area contributed by atoms with E-state index >= 15 is 0 Å². The Morgan fingerprint density at radius 1 is 1.41 bits per heavy atom. The van der Waals surface area contributed by atoms with Crippen LogP contribution in [0.25, 0.3) is 11.1 Å². The van der Waals surface area contributed by atoms with Gasteiger partial charge < -0.3 is 9.73 Å². The third kappa shape index (κ3) is 3.09. The fourth-order valence-electron chi connectivity index (χ4n) is 2.22. The fraction of sp³-hybridized carbons (Fsp3) is 0.267. The lowest BCUT2D eigenvalue weighted by Crippen LogP contribution is -2.17. The summed E-state index contributed by atoms with van der Waals surface area (Å²) in [6.45, 7) is 2.38. The maximum atomic E-state index is 11.8. The molecule has 1 aromatic carbocycles. The number of carbonyl (C=O) groups is 1. The van der Waals surface area contributed by atoms with Gasteiger partial charge in [-0.2, -0.15) is 0 Å². The van der Waals surface area contributed by atoms with Crippen molar-refractivity contribution >= 4 is 33.5 Å². The van der Waals surface area contributed by atoms with Crippen LogP contribution in [0.3, 0.4) is 0 Å². The van der Waals surface area contributed by atoms with Gasteiger partial charge in [0.25, 0.3) is 0 Å². The summed E-state index contributed by atoms with van der Waals surface area (Å²) in [6.07, 6.45) is 2.60. The molecule has 0 fully saturated rings. The molecule has 3 aromatic rings. The Hall–Kier alpha value is -2.41. The molecule has 0 aliphatic rings. The summed E-state index contributed by atoms with van der Waals surface area (Å²) >= 11 is 1.44. The zero-order valence-electron chi connectivity index (χ0n) is 12.0. The number of aromatic nitrogens is 2. The lowest BCUT2D eigenvalue weighted by atomic mass is 10.3. The minimum absolute atomic E-state index is 0.102. The molecular formula is C15H15N3O3S. The lowest BCUT2D eigenvalue weighted by molar-refractivity contribution is -0.116. The number of nitrogens with zero attached hydrogens (tertiary/aromatic N) is 2. The van der Waals surface area contributed by atoms with Crippen LogP contribution in [0.4, 0.5) is 5.13 Å². The first kappa shape index (κ1) is 14.5. The van der Waals surface area contributed by atoms with Crippen molar-refractivity contribution in [1.82, 2.24) is 9.55 Å². The number of hydrogen-bond acceptors (Lipinski definition) is 5. The number of anilines is 1. The maximum absolute atomic E-state index is 11.8. The van der Waals surface area contributed by atoms with E-state index in [0.29, 0.717) is 30.1 Å². The second-order valence-electron chi connectivity index (χ2n) is 4.92. The Balaban J connectivity index is 1.59. The highest BCUT2D eigenvalue weighted by molar-refractivity contribution is 7.15. The van der Waals surface area contributed by atoms with Gasteiger partial charge in [-0.05, 0) is 25.5 Å². The number of aryl methyl sites for hydroxylation is 2. The number of hydrogen-bond donors (Lipinski definition) is 1. The van der Waals surface area contributed by atoms with Crippen LogP contribution in [-0.2, 0) is 11.3 Å². The highest BCUT2D eigenvalue weighted by Crippen LogP contribution is 2.17. The monoisotopic (exact) mass is 317 g/mol. The smallest absolute Gasteiger partial charge is 0.408 e. The van der Waals surface area contributed by atoms with Crippen LogP contribution in [-0.4, -0.2) is 15.5 Å². The maximum Gasteiger partial charge on any atom is 0.419 e. The average Bonchev–Trinajstić information content (AvgIpc) is 3.03. The number of carbonyl (C=O) groups excluding carboxylic acids is 1. The van der Waals surface area contributed by atoms with Crippen molar-refractivity contribution in [3.8, 4) is 0 Å². The largest absolute Gasteiger partial charge is 0.419 e. The molecule has 1 amide bonds. The van der Waals surface area contributed by atoms with E-state index in [2.05, 4.69) is 10.3 Å². The molecule has 0 bridgehead atoms. The topological polar surface area (TPSA) is 77.1 Å². The zero-order chi connectivity index (χ0) is 15.5. The van der Waals surface area contributed by atoms with Crippen molar-refractivity contribution in [3.05, 3.63) is 45.9 Å². The molecule has 7 heteroatoms. The summed E-state index contributed by atoms with van der Waals surface area (Å²) < 4.78 is 6.71. The summed E-state index contributed by atoms with van der Waals surface area (Å²) in [5, 5.41) is 3.36. The SMILES string of the molecule is Cc1cnc(NC(=O)CCCn2c(=O)oc3ccccc32)s1. The van der Waals surface area contributed by atoms with E-state index in [1.54, 1.807) is 16.8 Å². The minimum Gasteiger partial charge on any atom is -0.408 e. The summed E-state index contributed by atoms with van der Waals surface area (Å²) in [7, 11) is 0. The molecule has 22 heavy (non-hydrogen) atoms. The first-order valence-corrected chi connectivity index (χ1v) is 7.76. The third-order valence-electron chi connectivity index (χ3n) is 3.23. The van der Waals surface area contributed by atoms with Gasteiger partial charge in [0, 0.05) is 24.0 Å². The highest BCUT2D eigenvalue weighted by Gasteiger charge is 2.10. The van der Waals surface area contributed by atoms with Crippen LogP contribution in [0.2, 0.25) is 0 Å². The number of thiazole rings is 1. The normalized spacial score (nSPS) is 11.0. The van der Waals surface area contributed by atoms with E-state index in [1.807, 2.05) is 25.1 Å². The molecule has 3 rings (SSSR count). The third-order valence-corrected chi connectivity index (χ3v) is 4.06. The van der Waals surface area contributed by atoms with Gasteiger partial charge in [-0.1, -0.05) is 12.1 Å². The molecule has 0 aliphatic heterocycles. The number of nitrogens with one attached hydrogen (secondary N) is 1. The Morgan fingerprint density at radius 2 is 2.23 bits per heavy atom. The Kier molecular flexibility index (Phi) is 4.06. The number of oxazole rings is 1. The number of fused-ring (bicyclic) bond motifs is 1. The standard InChI is InChI=1S/C15H15N3O3S/c1-10-9-16-14(22-10)17-13(19)7-4-8-18-11-5-2-3-6-12(11)21-15(18)20/h2-3,5-6,9H,4,7-8H2,1H3,(H,16,17,19). The van der Waals surface area contributed by atoms with E-state index in [9.17, 15) is 9.59 Å². The van der Waals surface area contributed by atoms with E-state index in [1.165, 1.54) is 11.3 Å². The molecule has 114 valence electrons. The van der Waals surface area contributed by atoms with E-state index < -0.39 is 5.76 Å². The van der Waals surface area contributed by atoms with Crippen LogP contribution in [0.5, 0.6) is 0 Å². The number of para-hydroxylation sites is 2. The van der Waals surface area contributed by atoms with Crippen molar-refractivity contribution in [1.29, 1.82) is 0 Å². The molecule has 2 heterocycles. The van der Waals surface area contributed by atoms with Crippen LogP contribution in [0, 0.1) is 6.92 Å². The van der Waals surface area contributed by atoms with Gasteiger partial charge >= 0.3 is 5.76 Å². The van der Waals surface area contributed by atoms with Crippen LogP contribution in [0.1, 0.15) is 17.7 Å². The molecule has 0 saturated carbocycles. The quantitative estimate of drug-likeness (QED) is 0.785. The number of rotatable bonds is 5. The predicted molar refractivity (Wildman–Crippen MR) is 85.2 cm³/mol. The molecular weight excluding hydrogens is 302 g/mol. The van der Waals surface area contributed by atoms with E-state index in [4.69, 9.17) is 4.42 Å². The van der Waals surface area contributed by atoms with Gasteiger partial charge in [0.05, 0.1) is 5.52 Å². The summed E-state index contributed by atoms with van der Waals surface area (Å²) in [6, 6.07) is 7.26. The van der Waals surface area contributed by atoms with Crippen molar-refractivity contribution in [2.75, 3.05) is 5.32 Å². The first-order chi connectivity index (χ1) is 10.6. The second-order valence-corrected chi connectivity index (χ2v) is 6.15. The molecule has 0 unspecified atom stereocenters. The van der Waals surface area contributed by atoms with Crippen molar-refractivity contribution in [2.24, 2.45) is 0 Å². The summed E-state index contributed by atoms with van der Waals surface area (Å²) in [5.41, 5.74) is 1.32. The van der Waals surface area contributed by atoms with Crippen molar-refractivity contribution in [2.45, 2.75) is 26.3 Å². The molecule has 0 aliphatic carbocycles. The Labute approximate surface area is 130 Å². The second kappa shape index (κ2) is 6.15. The van der Waals surface area contributed by atoms with Gasteiger partial charge in [-0.15, -0.1) is 11.3 Å². The van der Waals surface area contributed by atoms with Crippen molar-refractivity contribution < 1.29 is 9.21 Å². The first-order valence-electron chi connectivity index (χ1n) is 6.94. The lowest BCUT2D eigenvalue weighted by Gasteiger charge is -2.03. The van der Waals surface area contributed by atoms with Crippen molar-refractivity contribution in [3.63, 3.8) is 0 Å². The van der Waals surface area contributed by atoms with Crippen LogP contribution >= 0.6 is 11.3 Å². The number of amides is 1. The van der Waals surface area contributed by atoms with Gasteiger partial charge in [0.1, 0.15) is 0 Å². The minimum atomic E-state index is -0.392. The Bertz CT molecular complexity index is 862. The van der Waals surface area contributed by atoms with Crippen LogP contribution in [0.15, 0.2) is 39.7 Å². The molecule has 0 atom stereocenters. The molecule has 1 N–H and O–H groups in total. The van der Waals surface area contributed by atoms with Gasteiger partial charge in [0.2, 0.25) is 5.91 Å². The van der Waals surface area contributed by atoms with E-state index in [-0.39, 0.29) is 5.91 Å². The highest BCUT2D eigenvalue weighted by atomic mass is 32.1. The van der Waals surface area contributed by atoms with Gasteiger partial charge in [-0.25, -0.2) is 9.78 Å². The zero-order valence-corrected chi connectivity index (χ0v) is 12.9. The van der Waals surface area contributed by atoms with Gasteiger partial charge in [0.15, 0.2) is 10.7 Å². The molecule has 6 nitrogen and oxygen atoms in total. The number of benzene rings is 1. The molecule has 2 aromatic heterocycles. The summed E-state index contributed by atoms with van der Waals surface area (Å²) in [4.78, 5) is 28.8. The summed E-state index contributed by atoms with van der Waals surface area (Å²) in [5.74, 6) is -0.493. The molecule has 0 radical (unpaired) electrons. The van der Waals surface area contributed by atoms with Gasteiger partial charge in [-0.3, -0.25) is 9.36 Å².